The molecule has 0 aromatic carbocycles. The molecule has 3 aromatic rings. The van der Waals surface area contributed by atoms with E-state index in [1.807, 2.05) is 0 Å². The minimum atomic E-state index is -2.66. The van der Waals surface area contributed by atoms with E-state index >= 15 is 0 Å². The lowest BCUT2D eigenvalue weighted by Crippen LogP contribution is -2.11. The van der Waals surface area contributed by atoms with Gasteiger partial charge in [0.1, 0.15) is 11.7 Å². The van der Waals surface area contributed by atoms with Crippen LogP contribution in [0.4, 0.5) is 8.78 Å². The molecule has 3 rings (SSSR count). The van der Waals surface area contributed by atoms with E-state index in [9.17, 15) is 8.78 Å². The number of nitrogens with zero attached hydrogens (tertiary/aromatic N) is 5. The van der Waals surface area contributed by atoms with Gasteiger partial charge in [0.15, 0.2) is 0 Å². The smallest absolute Gasteiger partial charge is 0.283 e. The molecule has 0 saturated heterocycles. The molecule has 0 amide bonds. The van der Waals surface area contributed by atoms with Crippen LogP contribution in [-0.4, -0.2) is 25.0 Å². The zero-order valence-electron chi connectivity index (χ0n) is 12.2. The van der Waals surface area contributed by atoms with Crippen molar-refractivity contribution in [1.82, 2.24) is 25.0 Å². The van der Waals surface area contributed by atoms with E-state index in [4.69, 9.17) is 4.42 Å². The molecule has 6 nitrogen and oxygen atoms in total. The number of halogens is 3. The second-order valence-electron chi connectivity index (χ2n) is 4.89. The van der Waals surface area contributed by atoms with Gasteiger partial charge in [-0.2, -0.15) is 5.10 Å². The van der Waals surface area contributed by atoms with Gasteiger partial charge in [0.25, 0.3) is 6.43 Å². The maximum absolute atomic E-state index is 12.9. The van der Waals surface area contributed by atoms with Crippen LogP contribution in [-0.2, 0) is 0 Å². The molecule has 0 bridgehead atoms. The van der Waals surface area contributed by atoms with Crippen LogP contribution in [0.25, 0.3) is 11.5 Å². The van der Waals surface area contributed by atoms with E-state index in [2.05, 4.69) is 36.2 Å². The Morgan fingerprint density at radius 1 is 1.22 bits per heavy atom. The fourth-order valence-electron chi connectivity index (χ4n) is 2.16. The summed E-state index contributed by atoms with van der Waals surface area (Å²) in [4.78, 5) is 3.92. The van der Waals surface area contributed by atoms with E-state index < -0.39 is 12.5 Å². The molecule has 0 aliphatic heterocycles. The van der Waals surface area contributed by atoms with Crippen LogP contribution in [0.1, 0.15) is 36.7 Å². The first-order chi connectivity index (χ1) is 11.0. The van der Waals surface area contributed by atoms with Gasteiger partial charge in [0.05, 0.1) is 10.2 Å². The van der Waals surface area contributed by atoms with E-state index in [0.717, 1.165) is 5.56 Å². The fourth-order valence-corrected chi connectivity index (χ4v) is 2.59. The van der Waals surface area contributed by atoms with Gasteiger partial charge in [0.2, 0.25) is 11.8 Å². The predicted octanol–water partition coefficient (Wildman–Crippen LogP) is 3.95. The standard InChI is InChI=1S/C14H12BrF2N5O/c1-7-10(15)11(12(16)17)21-22(7)8(2)13-19-20-14(23-13)9-3-5-18-6-4-9/h3-6,8,12H,1-2H3. The van der Waals surface area contributed by atoms with E-state index in [1.54, 1.807) is 38.4 Å². The number of hydrogen-bond acceptors (Lipinski definition) is 5. The Morgan fingerprint density at radius 2 is 1.91 bits per heavy atom. The van der Waals surface area contributed by atoms with Crippen molar-refractivity contribution in [2.45, 2.75) is 26.3 Å². The molecular formula is C14H12BrF2N5O. The summed E-state index contributed by atoms with van der Waals surface area (Å²) in [6.45, 7) is 3.45. The third-order valence-corrected chi connectivity index (χ3v) is 4.38. The van der Waals surface area contributed by atoms with Crippen molar-refractivity contribution < 1.29 is 13.2 Å². The van der Waals surface area contributed by atoms with Crippen molar-refractivity contribution >= 4 is 15.9 Å². The molecule has 9 heteroatoms. The topological polar surface area (TPSA) is 69.6 Å². The molecule has 0 aliphatic rings. The monoisotopic (exact) mass is 383 g/mol. The van der Waals surface area contributed by atoms with Gasteiger partial charge in [-0.05, 0) is 41.9 Å². The highest BCUT2D eigenvalue weighted by atomic mass is 79.9. The van der Waals surface area contributed by atoms with Crippen molar-refractivity contribution in [3.05, 3.63) is 46.3 Å². The van der Waals surface area contributed by atoms with Crippen molar-refractivity contribution in [2.24, 2.45) is 0 Å². The first-order valence-corrected chi connectivity index (χ1v) is 7.54. The average molecular weight is 384 g/mol. The molecule has 0 radical (unpaired) electrons. The Bertz CT molecular complexity index is 818. The average Bonchev–Trinajstić information content (AvgIpc) is 3.14. The van der Waals surface area contributed by atoms with Crippen LogP contribution in [0.2, 0.25) is 0 Å². The van der Waals surface area contributed by atoms with E-state index in [1.165, 1.54) is 4.68 Å². The lowest BCUT2D eigenvalue weighted by atomic mass is 10.3. The van der Waals surface area contributed by atoms with Gasteiger partial charge >= 0.3 is 0 Å². The van der Waals surface area contributed by atoms with E-state index in [0.29, 0.717) is 11.6 Å². The Balaban J connectivity index is 1.94. The summed E-state index contributed by atoms with van der Waals surface area (Å²) in [5.74, 6) is 0.628. The van der Waals surface area contributed by atoms with E-state index in [-0.39, 0.29) is 16.1 Å². The summed E-state index contributed by atoms with van der Waals surface area (Å²) in [5, 5.41) is 11.9. The molecule has 0 saturated carbocycles. The second kappa shape index (κ2) is 6.15. The molecule has 0 N–H and O–H groups in total. The summed E-state index contributed by atoms with van der Waals surface area (Å²) >= 11 is 3.15. The quantitative estimate of drug-likeness (QED) is 0.682. The third-order valence-electron chi connectivity index (χ3n) is 3.40. The van der Waals surface area contributed by atoms with Crippen LogP contribution in [0.15, 0.2) is 33.4 Å². The summed E-state index contributed by atoms with van der Waals surface area (Å²) < 4.78 is 33.3. The molecular weight excluding hydrogens is 372 g/mol. The highest BCUT2D eigenvalue weighted by molar-refractivity contribution is 9.10. The molecule has 0 fully saturated rings. The number of rotatable bonds is 4. The minimum absolute atomic E-state index is 0.285. The first kappa shape index (κ1) is 15.7. The summed E-state index contributed by atoms with van der Waals surface area (Å²) in [6, 6.07) is 3.01. The maximum Gasteiger partial charge on any atom is 0.283 e. The maximum atomic E-state index is 12.9. The molecule has 23 heavy (non-hydrogen) atoms. The van der Waals surface area contributed by atoms with Crippen LogP contribution in [0.3, 0.4) is 0 Å². The van der Waals surface area contributed by atoms with Gasteiger partial charge in [-0.25, -0.2) is 8.78 Å². The number of hydrogen-bond donors (Lipinski definition) is 0. The SMILES string of the molecule is Cc1c(Br)c(C(F)F)nn1C(C)c1nnc(-c2ccncc2)o1. The Hall–Kier alpha value is -2.16. The third kappa shape index (κ3) is 2.88. The summed E-state index contributed by atoms with van der Waals surface area (Å²) in [7, 11) is 0. The largest absolute Gasteiger partial charge is 0.418 e. The number of aromatic nitrogens is 5. The highest BCUT2D eigenvalue weighted by Gasteiger charge is 2.25. The molecule has 3 heterocycles. The second-order valence-corrected chi connectivity index (χ2v) is 5.68. The molecule has 1 atom stereocenters. The molecule has 0 spiro atoms. The molecule has 120 valence electrons. The van der Waals surface area contributed by atoms with Crippen molar-refractivity contribution in [3.8, 4) is 11.5 Å². The molecule has 0 aliphatic carbocycles. The molecule has 1 unspecified atom stereocenters. The Labute approximate surface area is 138 Å². The van der Waals surface area contributed by atoms with Crippen LogP contribution < -0.4 is 0 Å². The van der Waals surface area contributed by atoms with Crippen molar-refractivity contribution in [1.29, 1.82) is 0 Å². The highest BCUT2D eigenvalue weighted by Crippen LogP contribution is 2.32. The van der Waals surface area contributed by atoms with Gasteiger partial charge in [0, 0.05) is 18.0 Å². The molecule has 3 aromatic heterocycles. The van der Waals surface area contributed by atoms with Crippen molar-refractivity contribution in [3.63, 3.8) is 0 Å². The van der Waals surface area contributed by atoms with Gasteiger partial charge in [-0.15, -0.1) is 10.2 Å². The zero-order chi connectivity index (χ0) is 16.6. The van der Waals surface area contributed by atoms with Gasteiger partial charge in [-0.1, -0.05) is 0 Å². The predicted molar refractivity (Wildman–Crippen MR) is 81.0 cm³/mol. The van der Waals surface area contributed by atoms with Crippen molar-refractivity contribution in [2.75, 3.05) is 0 Å². The van der Waals surface area contributed by atoms with Crippen LogP contribution >= 0.6 is 15.9 Å². The Morgan fingerprint density at radius 3 is 2.52 bits per heavy atom. The normalized spacial score (nSPS) is 12.8. The Kier molecular flexibility index (Phi) is 4.20. The number of alkyl halides is 2. The summed E-state index contributed by atoms with van der Waals surface area (Å²) in [5.41, 5.74) is 0.997. The first-order valence-electron chi connectivity index (χ1n) is 6.75. The summed E-state index contributed by atoms with van der Waals surface area (Å²) in [6.07, 6.45) is 0.574. The van der Waals surface area contributed by atoms with Gasteiger partial charge in [-0.3, -0.25) is 9.67 Å². The number of pyridine rings is 1. The van der Waals surface area contributed by atoms with Crippen LogP contribution in [0.5, 0.6) is 0 Å². The minimum Gasteiger partial charge on any atom is -0.418 e. The lowest BCUT2D eigenvalue weighted by molar-refractivity contribution is 0.144. The fraction of sp³-hybridized carbons (Fsp3) is 0.286. The lowest BCUT2D eigenvalue weighted by Gasteiger charge is -2.09. The zero-order valence-corrected chi connectivity index (χ0v) is 13.8. The van der Waals surface area contributed by atoms with Crippen LogP contribution in [0, 0.1) is 6.92 Å². The van der Waals surface area contributed by atoms with Gasteiger partial charge < -0.3 is 4.42 Å².